The first-order chi connectivity index (χ1) is 11.2. The van der Waals surface area contributed by atoms with Gasteiger partial charge >= 0.3 is 0 Å². The molecule has 2 heterocycles. The predicted octanol–water partition coefficient (Wildman–Crippen LogP) is 3.55. The summed E-state index contributed by atoms with van der Waals surface area (Å²) in [6, 6.07) is 10.6. The highest BCUT2D eigenvalue weighted by Crippen LogP contribution is 2.16. The van der Waals surface area contributed by atoms with E-state index in [1.165, 1.54) is 0 Å². The van der Waals surface area contributed by atoms with E-state index in [9.17, 15) is 4.79 Å². The van der Waals surface area contributed by atoms with Gasteiger partial charge in [0.15, 0.2) is 0 Å². The Kier molecular flexibility index (Phi) is 4.73. The molecule has 23 heavy (non-hydrogen) atoms. The van der Waals surface area contributed by atoms with Gasteiger partial charge < -0.3 is 14.5 Å². The molecule has 6 heteroatoms. The van der Waals surface area contributed by atoms with Crippen molar-refractivity contribution in [2.24, 2.45) is 0 Å². The minimum Gasteiger partial charge on any atom is -0.486 e. The quantitative estimate of drug-likeness (QED) is 0.751. The lowest BCUT2D eigenvalue weighted by atomic mass is 10.2. The van der Waals surface area contributed by atoms with E-state index in [2.05, 4.69) is 10.3 Å². The number of rotatable bonds is 6. The molecule has 1 N–H and O–H groups in total. The van der Waals surface area contributed by atoms with Gasteiger partial charge in [0.05, 0.1) is 12.8 Å². The van der Waals surface area contributed by atoms with Crippen LogP contribution in [0.4, 0.5) is 0 Å². The second-order valence-electron chi connectivity index (χ2n) is 4.96. The lowest BCUT2D eigenvalue weighted by molar-refractivity contribution is 0.0948. The van der Waals surface area contributed by atoms with Gasteiger partial charge in [-0.2, -0.15) is 0 Å². The molecule has 1 amide bonds. The molecule has 2 aromatic heterocycles. The number of hydrogen-bond donors (Lipinski definition) is 1. The zero-order chi connectivity index (χ0) is 16.1. The molecule has 0 bridgehead atoms. The molecular formula is C17H16N2O3S. The van der Waals surface area contributed by atoms with Gasteiger partial charge in [0.25, 0.3) is 5.91 Å². The molecule has 0 saturated heterocycles. The summed E-state index contributed by atoms with van der Waals surface area (Å²) in [4.78, 5) is 16.4. The molecule has 0 atom stereocenters. The summed E-state index contributed by atoms with van der Waals surface area (Å²) in [5.74, 6) is 1.28. The number of benzene rings is 1. The molecular weight excluding hydrogens is 312 g/mol. The highest BCUT2D eigenvalue weighted by atomic mass is 32.1. The van der Waals surface area contributed by atoms with Crippen molar-refractivity contribution in [1.29, 1.82) is 0 Å². The monoisotopic (exact) mass is 328 g/mol. The van der Waals surface area contributed by atoms with Crippen molar-refractivity contribution in [2.75, 3.05) is 0 Å². The van der Waals surface area contributed by atoms with Gasteiger partial charge in [-0.05, 0) is 43.3 Å². The number of hydrogen-bond acceptors (Lipinski definition) is 5. The molecule has 1 aromatic carbocycles. The first kappa shape index (κ1) is 15.3. The Hall–Kier alpha value is -2.60. The molecule has 5 nitrogen and oxygen atoms in total. The highest BCUT2D eigenvalue weighted by molar-refractivity contribution is 7.09. The van der Waals surface area contributed by atoms with E-state index >= 15 is 0 Å². The van der Waals surface area contributed by atoms with Gasteiger partial charge in [0.2, 0.25) is 0 Å². The number of carbonyl (C=O) groups excluding carboxylic acids is 1. The largest absolute Gasteiger partial charge is 0.486 e. The Morgan fingerprint density at radius 3 is 2.78 bits per heavy atom. The molecule has 118 valence electrons. The van der Waals surface area contributed by atoms with Crippen LogP contribution in [-0.2, 0) is 13.2 Å². The topological polar surface area (TPSA) is 64.4 Å². The van der Waals surface area contributed by atoms with E-state index in [1.807, 2.05) is 18.4 Å². The van der Waals surface area contributed by atoms with E-state index < -0.39 is 0 Å². The van der Waals surface area contributed by atoms with Crippen LogP contribution < -0.4 is 10.1 Å². The molecule has 3 aromatic rings. The van der Waals surface area contributed by atoms with E-state index in [0.29, 0.717) is 24.5 Å². The first-order valence-corrected chi connectivity index (χ1v) is 8.03. The number of carbonyl (C=O) groups is 1. The summed E-state index contributed by atoms with van der Waals surface area (Å²) in [6.45, 7) is 2.76. The van der Waals surface area contributed by atoms with Crippen LogP contribution in [0.2, 0.25) is 0 Å². The van der Waals surface area contributed by atoms with Crippen LogP contribution >= 0.6 is 11.3 Å². The number of ether oxygens (including phenoxy) is 1. The third kappa shape index (κ3) is 4.20. The lowest BCUT2D eigenvalue weighted by Crippen LogP contribution is -2.22. The molecule has 0 radical (unpaired) electrons. The molecule has 0 spiro atoms. The van der Waals surface area contributed by atoms with Crippen LogP contribution in [0.1, 0.15) is 26.8 Å². The molecule has 0 fully saturated rings. The van der Waals surface area contributed by atoms with Crippen LogP contribution in [0.25, 0.3) is 0 Å². The summed E-state index contributed by atoms with van der Waals surface area (Å²) in [6.07, 6.45) is 1.58. The van der Waals surface area contributed by atoms with Crippen molar-refractivity contribution in [3.63, 3.8) is 0 Å². The first-order valence-electron chi connectivity index (χ1n) is 7.15. The molecule has 0 aliphatic rings. The second kappa shape index (κ2) is 7.11. The van der Waals surface area contributed by atoms with Gasteiger partial charge in [-0.1, -0.05) is 0 Å². The van der Waals surface area contributed by atoms with E-state index in [1.54, 1.807) is 47.9 Å². The fraction of sp³-hybridized carbons (Fsp3) is 0.176. The SMILES string of the molecule is Cc1csc(COc2ccc(C(=O)NCc3ccco3)cc2)n1. The standard InChI is InChI=1S/C17H16N2O3S/c1-12-11-23-16(19-12)10-22-14-6-4-13(5-7-14)17(20)18-9-15-3-2-8-21-15/h2-8,11H,9-10H2,1H3,(H,18,20). The van der Waals surface area contributed by atoms with Crippen LogP contribution in [-0.4, -0.2) is 10.9 Å². The van der Waals surface area contributed by atoms with Crippen molar-refractivity contribution < 1.29 is 13.9 Å². The third-order valence-electron chi connectivity index (χ3n) is 3.15. The van der Waals surface area contributed by atoms with Crippen LogP contribution in [0.15, 0.2) is 52.5 Å². The Morgan fingerprint density at radius 1 is 1.30 bits per heavy atom. The maximum absolute atomic E-state index is 12.0. The van der Waals surface area contributed by atoms with Gasteiger partial charge in [0, 0.05) is 16.6 Å². The zero-order valence-corrected chi connectivity index (χ0v) is 13.4. The van der Waals surface area contributed by atoms with Crippen molar-refractivity contribution >= 4 is 17.2 Å². The number of aryl methyl sites for hydroxylation is 1. The maximum Gasteiger partial charge on any atom is 0.251 e. The summed E-state index contributed by atoms with van der Waals surface area (Å²) >= 11 is 1.57. The number of aromatic nitrogens is 1. The zero-order valence-electron chi connectivity index (χ0n) is 12.6. The molecule has 0 aliphatic carbocycles. The second-order valence-corrected chi connectivity index (χ2v) is 5.90. The third-order valence-corrected chi connectivity index (χ3v) is 4.09. The van der Waals surface area contributed by atoms with Gasteiger partial charge in [0.1, 0.15) is 23.1 Å². The van der Waals surface area contributed by atoms with Gasteiger partial charge in [-0.25, -0.2) is 4.98 Å². The maximum atomic E-state index is 12.0. The summed E-state index contributed by atoms with van der Waals surface area (Å²) < 4.78 is 10.8. The summed E-state index contributed by atoms with van der Waals surface area (Å²) in [5.41, 5.74) is 1.58. The Balaban J connectivity index is 1.52. The minimum atomic E-state index is -0.150. The van der Waals surface area contributed by atoms with E-state index in [4.69, 9.17) is 9.15 Å². The number of thiazole rings is 1. The number of nitrogens with one attached hydrogen (secondary N) is 1. The predicted molar refractivity (Wildman–Crippen MR) is 87.5 cm³/mol. The lowest BCUT2D eigenvalue weighted by Gasteiger charge is -2.06. The molecule has 0 saturated carbocycles. The van der Waals surface area contributed by atoms with Gasteiger partial charge in [-0.15, -0.1) is 11.3 Å². The molecule has 3 rings (SSSR count). The van der Waals surface area contributed by atoms with Crippen LogP contribution in [0, 0.1) is 6.92 Å². The minimum absolute atomic E-state index is 0.150. The van der Waals surface area contributed by atoms with Crippen molar-refractivity contribution in [3.8, 4) is 5.75 Å². The summed E-state index contributed by atoms with van der Waals surface area (Å²) in [7, 11) is 0. The summed E-state index contributed by atoms with van der Waals surface area (Å²) in [5, 5.41) is 5.72. The highest BCUT2D eigenvalue weighted by Gasteiger charge is 2.07. The normalized spacial score (nSPS) is 10.5. The average Bonchev–Trinajstić information content (AvgIpc) is 3.22. The van der Waals surface area contributed by atoms with E-state index in [0.717, 1.165) is 16.5 Å². The Labute approximate surface area is 137 Å². The number of furan rings is 1. The Morgan fingerprint density at radius 2 is 2.13 bits per heavy atom. The van der Waals surface area contributed by atoms with Crippen molar-refractivity contribution in [3.05, 3.63) is 70.1 Å². The van der Waals surface area contributed by atoms with Crippen molar-refractivity contribution in [1.82, 2.24) is 10.3 Å². The smallest absolute Gasteiger partial charge is 0.251 e. The molecule has 0 aliphatic heterocycles. The fourth-order valence-corrected chi connectivity index (χ4v) is 2.68. The van der Waals surface area contributed by atoms with Gasteiger partial charge in [-0.3, -0.25) is 4.79 Å². The number of amides is 1. The average molecular weight is 328 g/mol. The number of nitrogens with zero attached hydrogens (tertiary/aromatic N) is 1. The van der Waals surface area contributed by atoms with E-state index in [-0.39, 0.29) is 5.91 Å². The van der Waals surface area contributed by atoms with Crippen molar-refractivity contribution in [2.45, 2.75) is 20.1 Å². The fourth-order valence-electron chi connectivity index (χ4n) is 2.00. The van der Waals surface area contributed by atoms with Crippen LogP contribution in [0.5, 0.6) is 5.75 Å². The molecule has 0 unspecified atom stereocenters. The van der Waals surface area contributed by atoms with Crippen LogP contribution in [0.3, 0.4) is 0 Å². The Bertz CT molecular complexity index is 764.